The molecule has 23 heavy (non-hydrogen) atoms. The summed E-state index contributed by atoms with van der Waals surface area (Å²) in [4.78, 5) is 24.5. The second-order valence-corrected chi connectivity index (χ2v) is 5.31. The molecular formula is C16H19N5O2. The average Bonchev–Trinajstić information content (AvgIpc) is 3.12. The first-order valence-corrected chi connectivity index (χ1v) is 7.67. The van der Waals surface area contributed by atoms with E-state index in [1.54, 1.807) is 12.3 Å². The van der Waals surface area contributed by atoms with Gasteiger partial charge < -0.3 is 15.4 Å². The summed E-state index contributed by atoms with van der Waals surface area (Å²) >= 11 is 0. The summed E-state index contributed by atoms with van der Waals surface area (Å²) < 4.78 is 5.55. The Hall–Kier alpha value is -2.54. The molecular weight excluding hydrogens is 294 g/mol. The third-order valence-electron chi connectivity index (χ3n) is 3.59. The van der Waals surface area contributed by atoms with Gasteiger partial charge in [0, 0.05) is 25.4 Å². The van der Waals surface area contributed by atoms with E-state index in [0.717, 1.165) is 25.1 Å². The van der Waals surface area contributed by atoms with Crippen molar-refractivity contribution in [2.75, 3.05) is 18.5 Å². The number of carbonyl (C=O) groups excluding carboxylic acids is 1. The maximum absolute atomic E-state index is 12.1. The number of pyridine rings is 1. The van der Waals surface area contributed by atoms with E-state index in [4.69, 9.17) is 4.74 Å². The molecule has 3 heterocycles. The van der Waals surface area contributed by atoms with Crippen LogP contribution in [0.5, 0.6) is 0 Å². The lowest BCUT2D eigenvalue weighted by Gasteiger charge is -2.11. The Morgan fingerprint density at radius 1 is 1.30 bits per heavy atom. The summed E-state index contributed by atoms with van der Waals surface area (Å²) in [6, 6.07) is 7.21. The number of anilines is 1. The molecule has 1 unspecified atom stereocenters. The summed E-state index contributed by atoms with van der Waals surface area (Å²) in [5, 5.41) is 5.98. The quantitative estimate of drug-likeness (QED) is 0.838. The highest BCUT2D eigenvalue weighted by molar-refractivity contribution is 5.92. The van der Waals surface area contributed by atoms with Crippen LogP contribution >= 0.6 is 0 Å². The number of nitrogens with one attached hydrogen (secondary N) is 2. The highest BCUT2D eigenvalue weighted by Gasteiger charge is 2.15. The molecule has 2 aromatic heterocycles. The summed E-state index contributed by atoms with van der Waals surface area (Å²) in [7, 11) is 0. The van der Waals surface area contributed by atoms with Crippen LogP contribution in [0.2, 0.25) is 0 Å². The molecule has 2 aromatic rings. The van der Waals surface area contributed by atoms with E-state index >= 15 is 0 Å². The predicted molar refractivity (Wildman–Crippen MR) is 84.9 cm³/mol. The van der Waals surface area contributed by atoms with Gasteiger partial charge in [0.1, 0.15) is 17.8 Å². The van der Waals surface area contributed by atoms with Gasteiger partial charge in [-0.25, -0.2) is 9.97 Å². The molecule has 7 nitrogen and oxygen atoms in total. The predicted octanol–water partition coefficient (Wildman–Crippen LogP) is 1.39. The number of ether oxygens (including phenoxy) is 1. The van der Waals surface area contributed by atoms with E-state index in [1.165, 1.54) is 6.33 Å². The first-order valence-electron chi connectivity index (χ1n) is 7.67. The van der Waals surface area contributed by atoms with Gasteiger partial charge in [0.2, 0.25) is 0 Å². The van der Waals surface area contributed by atoms with Gasteiger partial charge >= 0.3 is 0 Å². The Labute approximate surface area is 134 Å². The topological polar surface area (TPSA) is 89.0 Å². The van der Waals surface area contributed by atoms with Crippen LogP contribution < -0.4 is 10.6 Å². The largest absolute Gasteiger partial charge is 0.376 e. The molecule has 0 aliphatic carbocycles. The van der Waals surface area contributed by atoms with Gasteiger partial charge in [-0.15, -0.1) is 0 Å². The SMILES string of the molecule is O=C(NCc1ccccn1)c1cc(NCC2CCCO2)ncn1. The van der Waals surface area contributed by atoms with Crippen LogP contribution in [-0.2, 0) is 11.3 Å². The highest BCUT2D eigenvalue weighted by atomic mass is 16.5. The number of carbonyl (C=O) groups is 1. The van der Waals surface area contributed by atoms with Gasteiger partial charge in [0.15, 0.2) is 0 Å². The van der Waals surface area contributed by atoms with Crippen LogP contribution in [0.15, 0.2) is 36.8 Å². The lowest BCUT2D eigenvalue weighted by molar-refractivity contribution is 0.0945. The van der Waals surface area contributed by atoms with Crippen molar-refractivity contribution >= 4 is 11.7 Å². The fourth-order valence-corrected chi connectivity index (χ4v) is 2.37. The Morgan fingerprint density at radius 3 is 3.04 bits per heavy atom. The van der Waals surface area contributed by atoms with Crippen molar-refractivity contribution in [2.45, 2.75) is 25.5 Å². The Kier molecular flexibility index (Phi) is 5.10. The Morgan fingerprint density at radius 2 is 2.26 bits per heavy atom. The first kappa shape index (κ1) is 15.4. The molecule has 1 amide bonds. The van der Waals surface area contributed by atoms with E-state index in [-0.39, 0.29) is 12.0 Å². The summed E-state index contributed by atoms with van der Waals surface area (Å²) in [5.74, 6) is 0.372. The van der Waals surface area contributed by atoms with Crippen molar-refractivity contribution in [3.63, 3.8) is 0 Å². The van der Waals surface area contributed by atoms with Crippen LogP contribution in [0.3, 0.4) is 0 Å². The number of aromatic nitrogens is 3. The maximum atomic E-state index is 12.1. The molecule has 120 valence electrons. The minimum absolute atomic E-state index is 0.214. The van der Waals surface area contributed by atoms with Gasteiger partial charge in [0.05, 0.1) is 18.3 Å². The molecule has 1 aliphatic rings. The lowest BCUT2D eigenvalue weighted by Crippen LogP contribution is -2.25. The number of nitrogens with zero attached hydrogens (tertiary/aromatic N) is 3. The minimum Gasteiger partial charge on any atom is -0.376 e. The van der Waals surface area contributed by atoms with Crippen molar-refractivity contribution in [1.29, 1.82) is 0 Å². The van der Waals surface area contributed by atoms with Gasteiger partial charge in [-0.2, -0.15) is 0 Å². The molecule has 0 aromatic carbocycles. The molecule has 7 heteroatoms. The Balaban J connectivity index is 1.54. The van der Waals surface area contributed by atoms with Crippen molar-refractivity contribution in [3.8, 4) is 0 Å². The minimum atomic E-state index is -0.252. The third kappa shape index (κ3) is 4.46. The van der Waals surface area contributed by atoms with E-state index in [0.29, 0.717) is 24.6 Å². The average molecular weight is 313 g/mol. The van der Waals surface area contributed by atoms with Crippen molar-refractivity contribution < 1.29 is 9.53 Å². The monoisotopic (exact) mass is 313 g/mol. The summed E-state index contributed by atoms with van der Waals surface area (Å²) in [6.07, 6.45) is 5.44. The van der Waals surface area contributed by atoms with Crippen LogP contribution in [0.25, 0.3) is 0 Å². The molecule has 0 spiro atoms. The van der Waals surface area contributed by atoms with E-state index in [1.807, 2.05) is 18.2 Å². The molecule has 3 rings (SSSR count). The van der Waals surface area contributed by atoms with Crippen LogP contribution in [0.1, 0.15) is 29.0 Å². The number of rotatable bonds is 6. The summed E-state index contributed by atoms with van der Waals surface area (Å²) in [5.41, 5.74) is 1.12. The fraction of sp³-hybridized carbons (Fsp3) is 0.375. The van der Waals surface area contributed by atoms with Crippen molar-refractivity contribution in [2.24, 2.45) is 0 Å². The molecule has 1 aliphatic heterocycles. The van der Waals surface area contributed by atoms with Crippen LogP contribution in [0, 0.1) is 0 Å². The summed E-state index contributed by atoms with van der Waals surface area (Å²) in [6.45, 7) is 1.87. The number of hydrogen-bond donors (Lipinski definition) is 2. The zero-order chi connectivity index (χ0) is 15.9. The molecule has 1 saturated heterocycles. The number of amides is 1. The molecule has 1 atom stereocenters. The van der Waals surface area contributed by atoms with E-state index < -0.39 is 0 Å². The van der Waals surface area contributed by atoms with Gasteiger partial charge in [-0.05, 0) is 25.0 Å². The standard InChI is InChI=1S/C16H19N5O2/c22-16(19-9-12-4-1-2-6-17-12)14-8-15(21-11-20-14)18-10-13-5-3-7-23-13/h1-2,4,6,8,11,13H,3,5,7,9-10H2,(H,19,22)(H,18,20,21). The van der Waals surface area contributed by atoms with Gasteiger partial charge in [-0.3, -0.25) is 9.78 Å². The maximum Gasteiger partial charge on any atom is 0.270 e. The normalized spacial score (nSPS) is 17.0. The molecule has 0 bridgehead atoms. The highest BCUT2D eigenvalue weighted by Crippen LogP contribution is 2.13. The van der Waals surface area contributed by atoms with Gasteiger partial charge in [0.25, 0.3) is 5.91 Å². The van der Waals surface area contributed by atoms with E-state index in [9.17, 15) is 4.79 Å². The van der Waals surface area contributed by atoms with Crippen LogP contribution in [0.4, 0.5) is 5.82 Å². The third-order valence-corrected chi connectivity index (χ3v) is 3.59. The van der Waals surface area contributed by atoms with Crippen molar-refractivity contribution in [1.82, 2.24) is 20.3 Å². The van der Waals surface area contributed by atoms with Crippen LogP contribution in [-0.4, -0.2) is 40.1 Å². The smallest absolute Gasteiger partial charge is 0.270 e. The zero-order valence-corrected chi connectivity index (χ0v) is 12.7. The van der Waals surface area contributed by atoms with Gasteiger partial charge in [-0.1, -0.05) is 6.07 Å². The van der Waals surface area contributed by atoms with Crippen molar-refractivity contribution in [3.05, 3.63) is 48.2 Å². The number of hydrogen-bond acceptors (Lipinski definition) is 6. The lowest BCUT2D eigenvalue weighted by atomic mass is 10.2. The molecule has 2 N–H and O–H groups in total. The Bertz CT molecular complexity index is 644. The molecule has 0 saturated carbocycles. The fourth-order valence-electron chi connectivity index (χ4n) is 2.37. The second kappa shape index (κ2) is 7.64. The second-order valence-electron chi connectivity index (χ2n) is 5.31. The first-order chi connectivity index (χ1) is 11.3. The molecule has 0 radical (unpaired) electrons. The van der Waals surface area contributed by atoms with E-state index in [2.05, 4.69) is 25.6 Å². The molecule has 1 fully saturated rings. The zero-order valence-electron chi connectivity index (χ0n) is 12.7.